The predicted molar refractivity (Wildman–Crippen MR) is 91.3 cm³/mol. The lowest BCUT2D eigenvalue weighted by molar-refractivity contribution is 0.176. The van der Waals surface area contributed by atoms with Crippen LogP contribution in [0.1, 0.15) is 78.6 Å². The summed E-state index contributed by atoms with van der Waals surface area (Å²) in [6, 6.07) is 0. The lowest BCUT2D eigenvalue weighted by Gasteiger charge is -2.48. The lowest BCUT2D eigenvalue weighted by atomic mass is 9.38. The molecule has 0 aromatic heterocycles. The van der Waals surface area contributed by atoms with E-state index in [1.54, 1.807) is 25.7 Å². The van der Waals surface area contributed by atoms with Gasteiger partial charge in [-0.15, -0.1) is 0 Å². The highest BCUT2D eigenvalue weighted by Gasteiger charge is 2.46. The van der Waals surface area contributed by atoms with E-state index in [1.807, 2.05) is 0 Å². The molecule has 0 amide bonds. The molecule has 3 atom stereocenters. The van der Waals surface area contributed by atoms with Gasteiger partial charge in [-0.05, 0) is 55.3 Å². The smallest absolute Gasteiger partial charge is 0.0791 e. The first-order chi connectivity index (χ1) is 8.92. The first-order valence-electron chi connectivity index (χ1n) is 8.92. The van der Waals surface area contributed by atoms with E-state index >= 15 is 0 Å². The van der Waals surface area contributed by atoms with Gasteiger partial charge in [0.05, 0.1) is 15.7 Å². The summed E-state index contributed by atoms with van der Waals surface area (Å²) in [5.74, 6) is 3.26. The third kappa shape index (κ3) is 3.08. The summed E-state index contributed by atoms with van der Waals surface area (Å²) >= 11 is 0. The Morgan fingerprint density at radius 1 is 1.00 bits per heavy atom. The molecule has 0 spiro atoms. The van der Waals surface area contributed by atoms with Gasteiger partial charge in [0, 0.05) is 0 Å². The molecule has 2 saturated carbocycles. The van der Waals surface area contributed by atoms with Gasteiger partial charge in [-0.3, -0.25) is 0 Å². The molecule has 0 saturated heterocycles. The third-order valence-electron chi connectivity index (χ3n) is 6.89. The van der Waals surface area contributed by atoms with Gasteiger partial charge in [-0.25, -0.2) is 0 Å². The van der Waals surface area contributed by atoms with E-state index < -0.39 is 0 Å². The molecule has 0 radical (unpaired) electrons. The second kappa shape index (κ2) is 5.86. The van der Waals surface area contributed by atoms with Crippen molar-refractivity contribution < 1.29 is 0 Å². The molecule has 0 aromatic carbocycles. The minimum atomic E-state index is 0.522. The fourth-order valence-corrected chi connectivity index (χ4v) is 5.43. The molecule has 0 aliphatic heterocycles. The highest BCUT2D eigenvalue weighted by atomic mass is 14.5. The van der Waals surface area contributed by atoms with E-state index in [2.05, 4.69) is 36.5 Å². The molecule has 2 heteroatoms. The van der Waals surface area contributed by atoms with Crippen molar-refractivity contribution in [2.45, 2.75) is 83.8 Å². The Morgan fingerprint density at radius 2 is 1.63 bits per heavy atom. The normalized spacial score (nSPS) is 31.0. The zero-order valence-electron chi connectivity index (χ0n) is 14.1. The molecule has 2 rings (SSSR count). The van der Waals surface area contributed by atoms with Gasteiger partial charge in [0.25, 0.3) is 0 Å². The van der Waals surface area contributed by atoms with Crippen LogP contribution < -0.4 is 0 Å². The second-order valence-electron chi connectivity index (χ2n) is 8.58. The van der Waals surface area contributed by atoms with Gasteiger partial charge in [-0.1, -0.05) is 51.7 Å². The maximum absolute atomic E-state index is 2.58. The van der Waals surface area contributed by atoms with Gasteiger partial charge >= 0.3 is 0 Å². The highest BCUT2D eigenvalue weighted by Crippen LogP contribution is 2.57. The molecule has 0 N–H and O–H groups in total. The Labute approximate surface area is 123 Å². The minimum absolute atomic E-state index is 0.522. The molecule has 0 heterocycles. The summed E-state index contributed by atoms with van der Waals surface area (Å²) in [7, 11) is 5.15. The van der Waals surface area contributed by atoms with E-state index in [9.17, 15) is 0 Å². The summed E-state index contributed by atoms with van der Waals surface area (Å²) in [5.41, 5.74) is 0.554. The molecule has 0 nitrogen and oxygen atoms in total. The van der Waals surface area contributed by atoms with Crippen LogP contribution in [0.15, 0.2) is 0 Å². The number of rotatable bonds is 7. The van der Waals surface area contributed by atoms with Crippen LogP contribution in [0, 0.1) is 23.2 Å². The summed E-state index contributed by atoms with van der Waals surface area (Å²) in [6.45, 7) is 7.30. The standard InChI is InChI=1S/C17H34B2/c1-4-8-16(3,9-5-2)17(18,19)12-15-11-13-6-7-14(15)10-13/h13-15H,4-12,18-19H2,1-3H3. The molecular formula is C17H34B2. The summed E-state index contributed by atoms with van der Waals surface area (Å²) in [4.78, 5) is 0. The average Bonchev–Trinajstić information content (AvgIpc) is 2.90. The Kier molecular flexibility index (Phi) is 4.79. The van der Waals surface area contributed by atoms with Crippen LogP contribution in [0.3, 0.4) is 0 Å². The number of fused-ring (bicyclic) bond motifs is 2. The average molecular weight is 260 g/mol. The zero-order chi connectivity index (χ0) is 14.1. The van der Waals surface area contributed by atoms with Crippen LogP contribution in [0.4, 0.5) is 0 Å². The van der Waals surface area contributed by atoms with E-state index in [4.69, 9.17) is 0 Å². The highest BCUT2D eigenvalue weighted by molar-refractivity contribution is 6.40. The van der Waals surface area contributed by atoms with Gasteiger partial charge < -0.3 is 0 Å². The van der Waals surface area contributed by atoms with Crippen molar-refractivity contribution >= 4 is 15.7 Å². The van der Waals surface area contributed by atoms with E-state index in [0.717, 1.165) is 17.8 Å². The van der Waals surface area contributed by atoms with Crippen molar-refractivity contribution in [1.29, 1.82) is 0 Å². The summed E-state index contributed by atoms with van der Waals surface area (Å²) in [5, 5.41) is 0.522. The van der Waals surface area contributed by atoms with Gasteiger partial charge in [0.1, 0.15) is 0 Å². The maximum Gasteiger partial charge on any atom is 0.0999 e. The topological polar surface area (TPSA) is 0 Å². The monoisotopic (exact) mass is 260 g/mol. The fraction of sp³-hybridized carbons (Fsp3) is 1.00. The molecule has 2 aliphatic rings. The van der Waals surface area contributed by atoms with E-state index in [-0.39, 0.29) is 0 Å². The van der Waals surface area contributed by atoms with E-state index in [1.165, 1.54) is 32.1 Å². The summed E-state index contributed by atoms with van der Waals surface area (Å²) in [6.07, 6.45) is 13.2. The molecule has 2 bridgehead atoms. The third-order valence-corrected chi connectivity index (χ3v) is 6.89. The second-order valence-corrected chi connectivity index (χ2v) is 8.58. The Bertz CT molecular complexity index is 292. The van der Waals surface area contributed by atoms with Gasteiger partial charge in [0.2, 0.25) is 0 Å². The Balaban J connectivity index is 2.02. The molecule has 2 aliphatic carbocycles. The fourth-order valence-electron chi connectivity index (χ4n) is 5.43. The zero-order valence-corrected chi connectivity index (χ0v) is 14.1. The van der Waals surface area contributed by atoms with Crippen molar-refractivity contribution in [3.63, 3.8) is 0 Å². The minimum Gasteiger partial charge on any atom is -0.0791 e. The largest absolute Gasteiger partial charge is 0.0999 e. The van der Waals surface area contributed by atoms with Crippen LogP contribution >= 0.6 is 0 Å². The molecular weight excluding hydrogens is 226 g/mol. The molecule has 2 fully saturated rings. The van der Waals surface area contributed by atoms with Crippen LogP contribution in [-0.2, 0) is 0 Å². The van der Waals surface area contributed by atoms with E-state index in [0.29, 0.717) is 10.6 Å². The van der Waals surface area contributed by atoms with Gasteiger partial charge in [0.15, 0.2) is 0 Å². The predicted octanol–water partition coefficient (Wildman–Crippen LogP) is 3.80. The van der Waals surface area contributed by atoms with Crippen LogP contribution in [0.5, 0.6) is 0 Å². The van der Waals surface area contributed by atoms with Crippen molar-refractivity contribution in [2.75, 3.05) is 0 Å². The van der Waals surface area contributed by atoms with Crippen LogP contribution in [0.25, 0.3) is 0 Å². The van der Waals surface area contributed by atoms with Gasteiger partial charge in [-0.2, -0.15) is 0 Å². The van der Waals surface area contributed by atoms with Crippen LogP contribution in [0.2, 0.25) is 5.21 Å². The molecule has 0 aromatic rings. The molecule has 19 heavy (non-hydrogen) atoms. The van der Waals surface area contributed by atoms with Crippen molar-refractivity contribution in [3.8, 4) is 0 Å². The first-order valence-corrected chi connectivity index (χ1v) is 8.92. The van der Waals surface area contributed by atoms with Crippen molar-refractivity contribution in [1.82, 2.24) is 0 Å². The Morgan fingerprint density at radius 3 is 2.05 bits per heavy atom. The van der Waals surface area contributed by atoms with Crippen molar-refractivity contribution in [2.24, 2.45) is 23.2 Å². The van der Waals surface area contributed by atoms with Crippen molar-refractivity contribution in [3.05, 3.63) is 0 Å². The quantitative estimate of drug-likeness (QED) is 0.611. The number of hydrogen-bond acceptors (Lipinski definition) is 0. The Hall–Kier alpha value is 0.130. The first kappa shape index (κ1) is 15.5. The lowest BCUT2D eigenvalue weighted by Crippen LogP contribution is -2.37. The number of hydrogen-bond donors (Lipinski definition) is 0. The van der Waals surface area contributed by atoms with Crippen LogP contribution in [-0.4, -0.2) is 15.7 Å². The molecule has 108 valence electrons. The molecule has 3 unspecified atom stereocenters. The SMILES string of the molecule is BC(B)(CC1CC2CCC1C2)C(C)(CCC)CCC. The maximum atomic E-state index is 2.58. The summed E-state index contributed by atoms with van der Waals surface area (Å²) < 4.78 is 0.